The van der Waals surface area contributed by atoms with E-state index in [1.165, 1.54) is 0 Å². The minimum Gasteiger partial charge on any atom is -0.452 e. The molecule has 1 atom stereocenters. The van der Waals surface area contributed by atoms with Crippen molar-refractivity contribution >= 4 is 22.8 Å². The molecule has 1 aromatic heterocycles. The van der Waals surface area contributed by atoms with E-state index in [1.54, 1.807) is 0 Å². The quantitative estimate of drug-likeness (QED) is 0.568. The number of benzene rings is 1. The zero-order chi connectivity index (χ0) is 20.2. The Hall–Kier alpha value is -2.43. The van der Waals surface area contributed by atoms with Crippen LogP contribution in [0.1, 0.15) is 73.5 Å². The second-order valence-corrected chi connectivity index (χ2v) is 8.21. The number of aromatic nitrogens is 1. The number of nitrogens with zero attached hydrogens (tertiary/aromatic N) is 2. The van der Waals surface area contributed by atoms with Gasteiger partial charge in [0.05, 0.1) is 11.1 Å². The minimum atomic E-state index is -0.389. The Bertz CT molecular complexity index is 908. The van der Waals surface area contributed by atoms with Crippen LogP contribution in [0.4, 0.5) is 0 Å². The fraction of sp³-hybridized carbons (Fsp3) is 0.542. The first kappa shape index (κ1) is 19.9. The summed E-state index contributed by atoms with van der Waals surface area (Å²) in [6.07, 6.45) is 9.21. The van der Waals surface area contributed by atoms with Gasteiger partial charge in [-0.25, -0.2) is 4.79 Å². The van der Waals surface area contributed by atoms with Gasteiger partial charge in [0.25, 0.3) is 5.91 Å². The fourth-order valence-electron chi connectivity index (χ4n) is 4.82. The van der Waals surface area contributed by atoms with Crippen LogP contribution in [0.5, 0.6) is 0 Å². The summed E-state index contributed by atoms with van der Waals surface area (Å²) < 4.78 is 5.59. The summed E-state index contributed by atoms with van der Waals surface area (Å²) in [5, 5.41) is 0.829. The van der Waals surface area contributed by atoms with Crippen LogP contribution in [0.25, 0.3) is 10.9 Å². The van der Waals surface area contributed by atoms with Crippen LogP contribution in [-0.2, 0) is 22.4 Å². The number of aryl methyl sites for hydroxylation is 1. The van der Waals surface area contributed by atoms with Crippen molar-refractivity contribution in [2.24, 2.45) is 0 Å². The number of pyridine rings is 1. The average molecular weight is 395 g/mol. The number of likely N-dealkylation sites (tertiary alicyclic amines) is 1. The number of fused-ring (bicyclic) bond motifs is 2. The number of piperidine rings is 1. The molecule has 1 saturated heterocycles. The number of amides is 1. The predicted molar refractivity (Wildman–Crippen MR) is 113 cm³/mol. The van der Waals surface area contributed by atoms with Gasteiger partial charge in [0.2, 0.25) is 0 Å². The molecular formula is C24H30N2O3. The Balaban J connectivity index is 1.58. The highest BCUT2D eigenvalue weighted by Gasteiger charge is 2.27. The van der Waals surface area contributed by atoms with Gasteiger partial charge in [0.1, 0.15) is 0 Å². The van der Waals surface area contributed by atoms with E-state index in [9.17, 15) is 9.59 Å². The first-order valence-electron chi connectivity index (χ1n) is 11.1. The SMILES string of the molecule is CC[C@@H]1CCCCN1C(=O)COC(=O)c1c2c(nc3ccccc13)CCCCC2. The molecule has 1 fully saturated rings. The van der Waals surface area contributed by atoms with E-state index in [2.05, 4.69) is 6.92 Å². The first-order chi connectivity index (χ1) is 14.2. The smallest absolute Gasteiger partial charge is 0.339 e. The molecule has 5 nitrogen and oxygen atoms in total. The van der Waals surface area contributed by atoms with Crippen LogP contribution in [0.3, 0.4) is 0 Å². The Morgan fingerprint density at radius 1 is 1.10 bits per heavy atom. The highest BCUT2D eigenvalue weighted by molar-refractivity contribution is 6.05. The molecule has 0 unspecified atom stereocenters. The lowest BCUT2D eigenvalue weighted by molar-refractivity contribution is -0.138. The fourth-order valence-corrected chi connectivity index (χ4v) is 4.82. The van der Waals surface area contributed by atoms with Crippen molar-refractivity contribution < 1.29 is 14.3 Å². The molecule has 0 radical (unpaired) electrons. The minimum absolute atomic E-state index is 0.0747. The maximum Gasteiger partial charge on any atom is 0.339 e. The van der Waals surface area contributed by atoms with Gasteiger partial charge >= 0.3 is 5.97 Å². The highest BCUT2D eigenvalue weighted by Crippen LogP contribution is 2.29. The number of hydrogen-bond donors (Lipinski definition) is 0. The molecule has 0 bridgehead atoms. The van der Waals surface area contributed by atoms with E-state index in [0.29, 0.717) is 5.56 Å². The number of hydrogen-bond acceptors (Lipinski definition) is 4. The average Bonchev–Trinajstić information content (AvgIpc) is 3.00. The van der Waals surface area contributed by atoms with Gasteiger partial charge in [0.15, 0.2) is 6.61 Å². The third-order valence-corrected chi connectivity index (χ3v) is 6.37. The Morgan fingerprint density at radius 3 is 2.79 bits per heavy atom. The van der Waals surface area contributed by atoms with Crippen LogP contribution in [0.2, 0.25) is 0 Å². The van der Waals surface area contributed by atoms with Crippen LogP contribution in [0, 0.1) is 0 Å². The first-order valence-corrected chi connectivity index (χ1v) is 11.1. The predicted octanol–water partition coefficient (Wildman–Crippen LogP) is 4.45. The lowest BCUT2D eigenvalue weighted by Gasteiger charge is -2.35. The highest BCUT2D eigenvalue weighted by atomic mass is 16.5. The molecule has 2 heterocycles. The van der Waals surface area contributed by atoms with E-state index in [4.69, 9.17) is 9.72 Å². The van der Waals surface area contributed by atoms with Crippen molar-refractivity contribution in [2.75, 3.05) is 13.2 Å². The maximum atomic E-state index is 13.2. The molecule has 1 amide bonds. The second kappa shape index (κ2) is 8.93. The van der Waals surface area contributed by atoms with Crippen LogP contribution >= 0.6 is 0 Å². The van der Waals surface area contributed by atoms with Gasteiger partial charge in [-0.3, -0.25) is 9.78 Å². The van der Waals surface area contributed by atoms with Gasteiger partial charge in [-0.2, -0.15) is 0 Å². The number of ether oxygens (including phenoxy) is 1. The van der Waals surface area contributed by atoms with E-state index in [1.807, 2.05) is 29.2 Å². The normalized spacial score (nSPS) is 19.5. The van der Waals surface area contributed by atoms with Crippen molar-refractivity contribution in [1.29, 1.82) is 0 Å². The summed E-state index contributed by atoms with van der Waals surface area (Å²) in [6.45, 7) is 2.70. The van der Waals surface area contributed by atoms with Gasteiger partial charge in [0, 0.05) is 23.7 Å². The maximum absolute atomic E-state index is 13.2. The van der Waals surface area contributed by atoms with Crippen molar-refractivity contribution in [2.45, 2.75) is 70.8 Å². The van der Waals surface area contributed by atoms with E-state index >= 15 is 0 Å². The van der Waals surface area contributed by atoms with Crippen molar-refractivity contribution in [1.82, 2.24) is 9.88 Å². The number of rotatable bonds is 4. The number of carbonyl (C=O) groups excluding carboxylic acids is 2. The Morgan fingerprint density at radius 2 is 1.93 bits per heavy atom. The lowest BCUT2D eigenvalue weighted by atomic mass is 9.97. The molecule has 1 aliphatic carbocycles. The Kier molecular flexibility index (Phi) is 6.12. The van der Waals surface area contributed by atoms with Gasteiger partial charge < -0.3 is 9.64 Å². The zero-order valence-electron chi connectivity index (χ0n) is 17.3. The van der Waals surface area contributed by atoms with Gasteiger partial charge in [-0.05, 0) is 63.0 Å². The summed E-state index contributed by atoms with van der Waals surface area (Å²) in [6, 6.07) is 8.02. The van der Waals surface area contributed by atoms with E-state index < -0.39 is 0 Å². The number of para-hydroxylation sites is 1. The molecule has 2 aliphatic rings. The van der Waals surface area contributed by atoms with Crippen LogP contribution in [-0.4, -0.2) is 41.0 Å². The largest absolute Gasteiger partial charge is 0.452 e. The topological polar surface area (TPSA) is 59.5 Å². The van der Waals surface area contributed by atoms with Crippen LogP contribution in [0.15, 0.2) is 24.3 Å². The third kappa shape index (κ3) is 4.14. The summed E-state index contributed by atoms with van der Waals surface area (Å²) in [5.41, 5.74) is 3.48. The van der Waals surface area contributed by atoms with Crippen molar-refractivity contribution in [3.8, 4) is 0 Å². The standard InChI is InChI=1S/C24H30N2O3/c1-2-17-10-8-9-15-26(17)22(27)16-29-24(28)23-18-11-4-3-5-13-20(18)25-21-14-7-6-12-19(21)23/h6-7,12,14,17H,2-5,8-11,13,15-16H2,1H3/t17-/m1/s1. The third-order valence-electron chi connectivity index (χ3n) is 6.37. The number of esters is 1. The molecule has 154 valence electrons. The summed E-state index contributed by atoms with van der Waals surface area (Å²) in [5.74, 6) is -0.463. The molecule has 5 heteroatoms. The van der Waals surface area contributed by atoms with E-state index in [-0.39, 0.29) is 24.5 Å². The monoisotopic (exact) mass is 394 g/mol. The zero-order valence-corrected chi connectivity index (χ0v) is 17.3. The van der Waals surface area contributed by atoms with Gasteiger partial charge in [-0.1, -0.05) is 31.5 Å². The second-order valence-electron chi connectivity index (χ2n) is 8.21. The Labute approximate surface area is 172 Å². The summed E-state index contributed by atoms with van der Waals surface area (Å²) in [7, 11) is 0. The number of carbonyl (C=O) groups is 2. The molecule has 0 saturated carbocycles. The molecule has 1 aromatic carbocycles. The van der Waals surface area contributed by atoms with Crippen molar-refractivity contribution in [3.05, 3.63) is 41.1 Å². The molecule has 0 N–H and O–H groups in total. The lowest BCUT2D eigenvalue weighted by Crippen LogP contribution is -2.45. The van der Waals surface area contributed by atoms with Gasteiger partial charge in [-0.15, -0.1) is 0 Å². The molecule has 29 heavy (non-hydrogen) atoms. The van der Waals surface area contributed by atoms with E-state index in [0.717, 1.165) is 86.5 Å². The van der Waals surface area contributed by atoms with Crippen LogP contribution < -0.4 is 0 Å². The molecule has 2 aromatic rings. The molecule has 4 rings (SSSR count). The summed E-state index contributed by atoms with van der Waals surface area (Å²) in [4.78, 5) is 32.6. The van der Waals surface area contributed by atoms with Crippen molar-refractivity contribution in [3.63, 3.8) is 0 Å². The summed E-state index contributed by atoms with van der Waals surface area (Å²) >= 11 is 0. The molecule has 1 aliphatic heterocycles. The molecular weight excluding hydrogens is 364 g/mol. The molecule has 0 spiro atoms.